The highest BCUT2D eigenvalue weighted by Crippen LogP contribution is 2.12. The molecule has 0 spiro atoms. The van der Waals surface area contributed by atoms with E-state index in [4.69, 9.17) is 9.84 Å². The SMILES string of the molecule is CCC(C(=O)OC(C)(C)C)N(C)C(=O)O. The minimum Gasteiger partial charge on any atom is -0.465 e. The summed E-state index contributed by atoms with van der Waals surface area (Å²) in [7, 11) is 1.36. The second-order valence-electron chi connectivity index (χ2n) is 4.35. The van der Waals surface area contributed by atoms with E-state index in [1.54, 1.807) is 27.7 Å². The molecule has 1 atom stereocenters. The smallest absolute Gasteiger partial charge is 0.407 e. The van der Waals surface area contributed by atoms with Crippen molar-refractivity contribution in [3.05, 3.63) is 0 Å². The number of carbonyl (C=O) groups excluding carboxylic acids is 1. The number of nitrogens with zero attached hydrogens (tertiary/aromatic N) is 1. The highest BCUT2D eigenvalue weighted by Gasteiger charge is 2.29. The lowest BCUT2D eigenvalue weighted by Crippen LogP contribution is -2.44. The van der Waals surface area contributed by atoms with Gasteiger partial charge in [-0.05, 0) is 27.2 Å². The van der Waals surface area contributed by atoms with Gasteiger partial charge in [0.1, 0.15) is 11.6 Å². The molecule has 88 valence electrons. The van der Waals surface area contributed by atoms with Crippen molar-refractivity contribution in [2.45, 2.75) is 45.8 Å². The van der Waals surface area contributed by atoms with Gasteiger partial charge < -0.3 is 9.84 Å². The maximum Gasteiger partial charge on any atom is 0.407 e. The Balaban J connectivity index is 4.55. The van der Waals surface area contributed by atoms with E-state index < -0.39 is 23.7 Å². The molecule has 0 aliphatic rings. The second kappa shape index (κ2) is 5.00. The molecule has 1 amide bonds. The van der Waals surface area contributed by atoms with Crippen molar-refractivity contribution < 1.29 is 19.4 Å². The lowest BCUT2D eigenvalue weighted by molar-refractivity contribution is -0.160. The van der Waals surface area contributed by atoms with Gasteiger partial charge in [0.2, 0.25) is 0 Å². The molecule has 0 aliphatic carbocycles. The molecule has 15 heavy (non-hydrogen) atoms. The second-order valence-corrected chi connectivity index (χ2v) is 4.35. The molecule has 0 radical (unpaired) electrons. The van der Waals surface area contributed by atoms with E-state index >= 15 is 0 Å². The molecule has 0 fully saturated rings. The van der Waals surface area contributed by atoms with Gasteiger partial charge >= 0.3 is 12.1 Å². The van der Waals surface area contributed by atoms with Crippen molar-refractivity contribution in [1.82, 2.24) is 4.90 Å². The van der Waals surface area contributed by atoms with Crippen LogP contribution in [0.1, 0.15) is 34.1 Å². The molecule has 5 nitrogen and oxygen atoms in total. The first-order chi connectivity index (χ1) is 6.69. The number of hydrogen-bond acceptors (Lipinski definition) is 3. The quantitative estimate of drug-likeness (QED) is 0.731. The van der Waals surface area contributed by atoms with E-state index in [2.05, 4.69) is 0 Å². The molecule has 0 aliphatic heterocycles. The molecular formula is C10H19NO4. The van der Waals surface area contributed by atoms with Gasteiger partial charge in [-0.2, -0.15) is 0 Å². The van der Waals surface area contributed by atoms with Crippen molar-refractivity contribution in [2.24, 2.45) is 0 Å². The fourth-order valence-corrected chi connectivity index (χ4v) is 1.10. The first-order valence-corrected chi connectivity index (χ1v) is 4.87. The van der Waals surface area contributed by atoms with E-state index in [1.807, 2.05) is 0 Å². The molecule has 1 unspecified atom stereocenters. The van der Waals surface area contributed by atoms with Gasteiger partial charge in [0, 0.05) is 7.05 Å². The predicted molar refractivity (Wildman–Crippen MR) is 55.7 cm³/mol. The van der Waals surface area contributed by atoms with Crippen LogP contribution in [0.4, 0.5) is 4.79 Å². The van der Waals surface area contributed by atoms with Gasteiger partial charge in [-0.3, -0.25) is 4.90 Å². The number of carboxylic acid groups (broad SMARTS) is 1. The van der Waals surface area contributed by atoms with Crippen LogP contribution in [0.2, 0.25) is 0 Å². The van der Waals surface area contributed by atoms with Crippen LogP contribution in [-0.2, 0) is 9.53 Å². The van der Waals surface area contributed by atoms with Crippen LogP contribution in [0, 0.1) is 0 Å². The normalized spacial score (nSPS) is 13.1. The molecular weight excluding hydrogens is 198 g/mol. The molecule has 0 rings (SSSR count). The molecule has 0 aromatic carbocycles. The van der Waals surface area contributed by atoms with Crippen molar-refractivity contribution >= 4 is 12.1 Å². The molecule has 0 saturated heterocycles. The molecule has 5 heteroatoms. The Bertz CT molecular complexity index is 244. The summed E-state index contributed by atoms with van der Waals surface area (Å²) in [5.41, 5.74) is -0.593. The Kier molecular flexibility index (Phi) is 4.58. The average molecular weight is 217 g/mol. The Morgan fingerprint density at radius 1 is 1.40 bits per heavy atom. The topological polar surface area (TPSA) is 66.8 Å². The zero-order valence-electron chi connectivity index (χ0n) is 9.90. The summed E-state index contributed by atoms with van der Waals surface area (Å²) < 4.78 is 5.12. The van der Waals surface area contributed by atoms with Gasteiger partial charge in [0.15, 0.2) is 0 Å². The van der Waals surface area contributed by atoms with Crippen LogP contribution >= 0.6 is 0 Å². The standard InChI is InChI=1S/C10H19NO4/c1-6-7(11(5)9(13)14)8(12)15-10(2,3)4/h7H,6H2,1-5H3,(H,13,14). The van der Waals surface area contributed by atoms with Crippen molar-refractivity contribution in [3.8, 4) is 0 Å². The number of amides is 1. The van der Waals surface area contributed by atoms with Crippen molar-refractivity contribution in [2.75, 3.05) is 7.05 Å². The fraction of sp³-hybridized carbons (Fsp3) is 0.800. The molecule has 0 bridgehead atoms. The first-order valence-electron chi connectivity index (χ1n) is 4.87. The zero-order valence-corrected chi connectivity index (χ0v) is 9.90. The summed E-state index contributed by atoms with van der Waals surface area (Å²) in [6, 6.07) is -0.735. The van der Waals surface area contributed by atoms with Gasteiger partial charge in [0.05, 0.1) is 0 Å². The van der Waals surface area contributed by atoms with Crippen LogP contribution in [0.25, 0.3) is 0 Å². The van der Waals surface area contributed by atoms with Gasteiger partial charge in [-0.1, -0.05) is 6.92 Å². The van der Waals surface area contributed by atoms with Crippen LogP contribution in [0.15, 0.2) is 0 Å². The highest BCUT2D eigenvalue weighted by atomic mass is 16.6. The molecule has 1 N–H and O–H groups in total. The monoisotopic (exact) mass is 217 g/mol. The number of esters is 1. The molecule has 0 heterocycles. The molecule has 0 aromatic heterocycles. The van der Waals surface area contributed by atoms with E-state index in [0.29, 0.717) is 6.42 Å². The van der Waals surface area contributed by atoms with Crippen molar-refractivity contribution in [1.29, 1.82) is 0 Å². The Hall–Kier alpha value is -1.26. The third-order valence-corrected chi connectivity index (χ3v) is 1.83. The minimum atomic E-state index is -1.13. The minimum absolute atomic E-state index is 0.401. The summed E-state index contributed by atoms with van der Waals surface area (Å²) in [5.74, 6) is -0.505. The lowest BCUT2D eigenvalue weighted by Gasteiger charge is -2.27. The summed E-state index contributed by atoms with van der Waals surface area (Å²) in [6.45, 7) is 6.99. The van der Waals surface area contributed by atoms with E-state index in [1.165, 1.54) is 7.05 Å². The van der Waals surface area contributed by atoms with Crippen LogP contribution in [0.3, 0.4) is 0 Å². The Morgan fingerprint density at radius 3 is 2.13 bits per heavy atom. The summed E-state index contributed by atoms with van der Waals surface area (Å²) >= 11 is 0. The van der Waals surface area contributed by atoms with Gasteiger partial charge in [-0.25, -0.2) is 9.59 Å². The average Bonchev–Trinajstić information content (AvgIpc) is 2.01. The Labute approximate surface area is 90.0 Å². The van der Waals surface area contributed by atoms with Crippen LogP contribution in [0.5, 0.6) is 0 Å². The maximum absolute atomic E-state index is 11.6. The Morgan fingerprint density at radius 2 is 1.87 bits per heavy atom. The van der Waals surface area contributed by atoms with Crippen molar-refractivity contribution in [3.63, 3.8) is 0 Å². The fourth-order valence-electron chi connectivity index (χ4n) is 1.10. The van der Waals surface area contributed by atoms with E-state index in [-0.39, 0.29) is 0 Å². The highest BCUT2D eigenvalue weighted by molar-refractivity contribution is 5.80. The van der Waals surface area contributed by atoms with E-state index in [9.17, 15) is 9.59 Å². The number of rotatable bonds is 3. The summed E-state index contributed by atoms with van der Waals surface area (Å²) in [4.78, 5) is 23.3. The third kappa shape index (κ3) is 4.67. The third-order valence-electron chi connectivity index (χ3n) is 1.83. The predicted octanol–water partition coefficient (Wildman–Crippen LogP) is 1.72. The number of ether oxygens (including phenoxy) is 1. The lowest BCUT2D eigenvalue weighted by atomic mass is 10.1. The summed E-state index contributed by atoms with van der Waals surface area (Å²) in [5, 5.41) is 8.75. The van der Waals surface area contributed by atoms with Gasteiger partial charge in [0.25, 0.3) is 0 Å². The largest absolute Gasteiger partial charge is 0.465 e. The zero-order chi connectivity index (χ0) is 12.2. The number of carbonyl (C=O) groups is 2. The number of likely N-dealkylation sites (N-methyl/N-ethyl adjacent to an activating group) is 1. The van der Waals surface area contributed by atoms with Crippen LogP contribution < -0.4 is 0 Å². The van der Waals surface area contributed by atoms with Crippen LogP contribution in [-0.4, -0.2) is 40.8 Å². The summed E-state index contributed by atoms with van der Waals surface area (Å²) in [6.07, 6.45) is -0.731. The molecule has 0 aromatic rings. The number of hydrogen-bond donors (Lipinski definition) is 1. The van der Waals surface area contributed by atoms with Gasteiger partial charge in [-0.15, -0.1) is 0 Å². The maximum atomic E-state index is 11.6. The van der Waals surface area contributed by atoms with E-state index in [0.717, 1.165) is 4.90 Å². The molecule has 0 saturated carbocycles. The first kappa shape index (κ1) is 13.7.